The van der Waals surface area contributed by atoms with Crippen LogP contribution in [0.25, 0.3) is 22.6 Å². The normalized spacial score (nSPS) is 16.6. The molecule has 0 saturated carbocycles. The maximum Gasteiger partial charge on any atom is 0.240 e. The SMILES string of the molecule is CC(O)S(=O)(=O)N1CCN(c2cc(-c3ccc(Cl)cc3)nc(-c3cnsc3)n2)CC1. The van der Waals surface area contributed by atoms with Gasteiger partial charge in [0.25, 0.3) is 0 Å². The molecule has 158 valence electrons. The first kappa shape index (κ1) is 21.1. The summed E-state index contributed by atoms with van der Waals surface area (Å²) in [6.45, 7) is 2.76. The number of nitrogens with zero attached hydrogens (tertiary/aromatic N) is 5. The molecule has 3 heterocycles. The lowest BCUT2D eigenvalue weighted by Crippen LogP contribution is -2.51. The molecule has 1 aromatic carbocycles. The van der Waals surface area contributed by atoms with E-state index >= 15 is 0 Å². The number of aromatic nitrogens is 3. The van der Waals surface area contributed by atoms with E-state index in [9.17, 15) is 13.5 Å². The first-order chi connectivity index (χ1) is 14.3. The summed E-state index contributed by atoms with van der Waals surface area (Å²) in [6, 6.07) is 9.31. The molecule has 1 unspecified atom stereocenters. The van der Waals surface area contributed by atoms with Gasteiger partial charge < -0.3 is 10.0 Å². The van der Waals surface area contributed by atoms with Gasteiger partial charge in [-0.05, 0) is 30.6 Å². The van der Waals surface area contributed by atoms with Gasteiger partial charge in [-0.1, -0.05) is 23.7 Å². The Bertz CT molecular complexity index is 1110. The molecular formula is C19H20ClN5O3S2. The van der Waals surface area contributed by atoms with Crippen LogP contribution in [0.4, 0.5) is 5.82 Å². The number of halogens is 1. The second kappa shape index (κ2) is 8.56. The lowest BCUT2D eigenvalue weighted by molar-refractivity contribution is 0.249. The van der Waals surface area contributed by atoms with E-state index in [2.05, 4.69) is 4.37 Å². The Hall–Kier alpha value is -2.11. The summed E-state index contributed by atoms with van der Waals surface area (Å²) < 4.78 is 29.9. The maximum absolute atomic E-state index is 12.2. The number of anilines is 1. The minimum atomic E-state index is -3.69. The molecule has 8 nitrogen and oxygen atoms in total. The Labute approximate surface area is 184 Å². The summed E-state index contributed by atoms with van der Waals surface area (Å²) in [5.41, 5.74) is 1.06. The fraction of sp³-hybridized carbons (Fsp3) is 0.316. The average molecular weight is 466 g/mol. The van der Waals surface area contributed by atoms with Crippen LogP contribution in [0, 0.1) is 0 Å². The molecule has 1 atom stereocenters. The molecular weight excluding hydrogens is 446 g/mol. The van der Waals surface area contributed by atoms with E-state index in [0.717, 1.165) is 16.8 Å². The highest BCUT2D eigenvalue weighted by Gasteiger charge is 2.31. The second-order valence-electron chi connectivity index (χ2n) is 6.89. The molecule has 3 aromatic rings. The number of aliphatic hydroxyl groups is 1. The average Bonchev–Trinajstić information content (AvgIpc) is 3.29. The van der Waals surface area contributed by atoms with Gasteiger partial charge in [0.1, 0.15) is 5.82 Å². The lowest BCUT2D eigenvalue weighted by atomic mass is 10.1. The number of piperazine rings is 1. The molecule has 30 heavy (non-hydrogen) atoms. The first-order valence-corrected chi connectivity index (χ1v) is 12.0. The summed E-state index contributed by atoms with van der Waals surface area (Å²) >= 11 is 7.34. The monoisotopic (exact) mass is 465 g/mol. The molecule has 1 aliphatic rings. The van der Waals surface area contributed by atoms with Crippen LogP contribution in [0.5, 0.6) is 0 Å². The van der Waals surface area contributed by atoms with Gasteiger partial charge in [0.2, 0.25) is 10.0 Å². The van der Waals surface area contributed by atoms with E-state index < -0.39 is 15.5 Å². The molecule has 0 radical (unpaired) electrons. The molecule has 11 heteroatoms. The van der Waals surface area contributed by atoms with E-state index in [4.69, 9.17) is 21.6 Å². The van der Waals surface area contributed by atoms with E-state index in [-0.39, 0.29) is 13.1 Å². The lowest BCUT2D eigenvalue weighted by Gasteiger charge is -2.35. The molecule has 1 saturated heterocycles. The van der Waals surface area contributed by atoms with Crippen molar-refractivity contribution in [2.24, 2.45) is 0 Å². The van der Waals surface area contributed by atoms with Crippen molar-refractivity contribution in [2.75, 3.05) is 31.1 Å². The Kier molecular flexibility index (Phi) is 6.03. The van der Waals surface area contributed by atoms with Gasteiger partial charge >= 0.3 is 0 Å². The van der Waals surface area contributed by atoms with Crippen molar-refractivity contribution < 1.29 is 13.5 Å². The third-order valence-electron chi connectivity index (χ3n) is 4.90. The van der Waals surface area contributed by atoms with Crippen LogP contribution in [0.2, 0.25) is 5.02 Å². The molecule has 1 aliphatic heterocycles. The molecule has 4 rings (SSSR count). The Balaban J connectivity index is 1.66. The third kappa shape index (κ3) is 4.33. The highest BCUT2D eigenvalue weighted by molar-refractivity contribution is 7.89. The fourth-order valence-electron chi connectivity index (χ4n) is 3.20. The molecule has 0 bridgehead atoms. The zero-order valence-corrected chi connectivity index (χ0v) is 18.5. The largest absolute Gasteiger partial charge is 0.376 e. The van der Waals surface area contributed by atoms with Crippen LogP contribution < -0.4 is 4.90 Å². The summed E-state index contributed by atoms with van der Waals surface area (Å²) in [7, 11) is -3.69. The number of sulfonamides is 1. The fourth-order valence-corrected chi connectivity index (χ4v) is 4.94. The molecule has 0 aliphatic carbocycles. The Morgan fingerprint density at radius 2 is 1.80 bits per heavy atom. The van der Waals surface area contributed by atoms with Crippen molar-refractivity contribution in [3.63, 3.8) is 0 Å². The van der Waals surface area contributed by atoms with Gasteiger partial charge in [-0.3, -0.25) is 0 Å². The highest BCUT2D eigenvalue weighted by atomic mass is 35.5. The van der Waals surface area contributed by atoms with Gasteiger partial charge in [-0.25, -0.2) is 22.8 Å². The van der Waals surface area contributed by atoms with Gasteiger partial charge in [-0.2, -0.15) is 4.31 Å². The van der Waals surface area contributed by atoms with Crippen LogP contribution in [-0.2, 0) is 10.0 Å². The van der Waals surface area contributed by atoms with Crippen LogP contribution >= 0.6 is 23.1 Å². The van der Waals surface area contributed by atoms with Gasteiger partial charge in [0, 0.05) is 48.2 Å². The predicted molar refractivity (Wildman–Crippen MR) is 118 cm³/mol. The van der Waals surface area contributed by atoms with Gasteiger partial charge in [0.15, 0.2) is 11.3 Å². The number of aliphatic hydroxyl groups excluding tert-OH is 1. The third-order valence-corrected chi connectivity index (χ3v) is 7.68. The Morgan fingerprint density at radius 1 is 1.10 bits per heavy atom. The summed E-state index contributed by atoms with van der Waals surface area (Å²) in [6.07, 6.45) is 1.72. The zero-order valence-electron chi connectivity index (χ0n) is 16.1. The Morgan fingerprint density at radius 3 is 2.40 bits per heavy atom. The van der Waals surface area contributed by atoms with Crippen LogP contribution in [-0.4, -0.2) is 63.8 Å². The molecule has 0 amide bonds. The first-order valence-electron chi connectivity index (χ1n) is 9.31. The van der Waals surface area contributed by atoms with E-state index in [1.165, 1.54) is 22.8 Å². The van der Waals surface area contributed by atoms with Crippen molar-refractivity contribution in [3.05, 3.63) is 46.9 Å². The van der Waals surface area contributed by atoms with Crippen LogP contribution in [0.3, 0.4) is 0 Å². The van der Waals surface area contributed by atoms with E-state index in [1.54, 1.807) is 6.20 Å². The number of hydrogen-bond acceptors (Lipinski definition) is 8. The van der Waals surface area contributed by atoms with E-state index in [0.29, 0.717) is 29.8 Å². The van der Waals surface area contributed by atoms with Crippen molar-refractivity contribution >= 4 is 39.0 Å². The number of benzene rings is 1. The second-order valence-corrected chi connectivity index (χ2v) is 10.2. The predicted octanol–water partition coefficient (Wildman–Crippen LogP) is 2.71. The van der Waals surface area contributed by atoms with Crippen LogP contribution in [0.1, 0.15) is 6.92 Å². The molecule has 1 N–H and O–H groups in total. The zero-order chi connectivity index (χ0) is 21.3. The number of hydrogen-bond donors (Lipinski definition) is 1. The topological polar surface area (TPSA) is 99.5 Å². The standard InChI is InChI=1S/C19H20ClN5O3S2/c1-13(26)30(27,28)25-8-6-24(7-9-25)18-10-17(14-2-4-16(20)5-3-14)22-19(23-18)15-11-21-29-12-15/h2-5,10-13,26H,6-9H2,1H3. The summed E-state index contributed by atoms with van der Waals surface area (Å²) in [5, 5.41) is 12.1. The molecule has 2 aromatic heterocycles. The minimum absolute atomic E-state index is 0.281. The quantitative estimate of drug-likeness (QED) is 0.618. The molecule has 1 fully saturated rings. The highest BCUT2D eigenvalue weighted by Crippen LogP contribution is 2.28. The minimum Gasteiger partial charge on any atom is -0.376 e. The summed E-state index contributed by atoms with van der Waals surface area (Å²) in [5.74, 6) is 1.27. The maximum atomic E-state index is 12.2. The van der Waals surface area contributed by atoms with Crippen molar-refractivity contribution in [2.45, 2.75) is 12.4 Å². The van der Waals surface area contributed by atoms with Crippen molar-refractivity contribution in [1.29, 1.82) is 0 Å². The van der Waals surface area contributed by atoms with Crippen LogP contribution in [0.15, 0.2) is 41.9 Å². The number of rotatable bonds is 5. The summed E-state index contributed by atoms with van der Waals surface area (Å²) in [4.78, 5) is 11.4. The van der Waals surface area contributed by atoms with Crippen molar-refractivity contribution in [1.82, 2.24) is 18.6 Å². The van der Waals surface area contributed by atoms with E-state index in [1.807, 2.05) is 40.6 Å². The van der Waals surface area contributed by atoms with Gasteiger partial charge in [0.05, 0.1) is 17.5 Å². The molecule has 0 spiro atoms. The smallest absolute Gasteiger partial charge is 0.240 e. The van der Waals surface area contributed by atoms with Crippen molar-refractivity contribution in [3.8, 4) is 22.6 Å². The van der Waals surface area contributed by atoms with Gasteiger partial charge in [-0.15, -0.1) is 0 Å².